The van der Waals surface area contributed by atoms with E-state index in [1.165, 1.54) is 0 Å². The van der Waals surface area contributed by atoms with E-state index in [2.05, 4.69) is 21.2 Å². The largest absolute Gasteiger partial charge is 0.348 e. The fourth-order valence-electron chi connectivity index (χ4n) is 1.16. The molecule has 1 aromatic rings. The van der Waals surface area contributed by atoms with E-state index in [0.717, 1.165) is 10.0 Å². The summed E-state index contributed by atoms with van der Waals surface area (Å²) in [5.41, 5.74) is 0.813. The van der Waals surface area contributed by atoms with Gasteiger partial charge in [0, 0.05) is 16.1 Å². The van der Waals surface area contributed by atoms with Crippen LogP contribution in [0.25, 0.3) is 6.08 Å². The van der Waals surface area contributed by atoms with Gasteiger partial charge in [0.1, 0.15) is 0 Å². The monoisotopic (exact) mass is 281 g/mol. The van der Waals surface area contributed by atoms with Gasteiger partial charge >= 0.3 is 0 Å². The highest BCUT2D eigenvalue weighted by molar-refractivity contribution is 9.10. The normalized spacial score (nSPS) is 11.8. The van der Waals surface area contributed by atoms with Crippen molar-refractivity contribution >= 4 is 27.9 Å². The molecule has 0 saturated carbocycles. The first-order valence-corrected chi connectivity index (χ1v) is 5.92. The summed E-state index contributed by atoms with van der Waals surface area (Å²) in [6, 6.07) is 7.79. The molecular formula is C13H16BrNO. The maximum atomic E-state index is 11.5. The van der Waals surface area contributed by atoms with Crippen LogP contribution in [-0.4, -0.2) is 11.4 Å². The minimum absolute atomic E-state index is 0.0737. The lowest BCUT2D eigenvalue weighted by atomic mass is 10.1. The molecule has 0 unspecified atom stereocenters. The molecule has 0 heterocycles. The van der Waals surface area contributed by atoms with Crippen molar-refractivity contribution in [1.82, 2.24) is 5.32 Å². The molecule has 0 fully saturated rings. The summed E-state index contributed by atoms with van der Waals surface area (Å²) < 4.78 is 1.03. The lowest BCUT2D eigenvalue weighted by Crippen LogP contribution is -2.39. The number of hydrogen-bond acceptors (Lipinski definition) is 1. The summed E-state index contributed by atoms with van der Waals surface area (Å²) in [5, 5.41) is 2.87. The second-order valence-corrected chi connectivity index (χ2v) is 5.54. The number of nitrogens with one attached hydrogen (secondary N) is 1. The molecule has 1 amide bonds. The minimum Gasteiger partial charge on any atom is -0.348 e. The van der Waals surface area contributed by atoms with Crippen molar-refractivity contribution in [3.63, 3.8) is 0 Å². The summed E-state index contributed by atoms with van der Waals surface area (Å²) in [7, 11) is 0. The first kappa shape index (κ1) is 13.0. The van der Waals surface area contributed by atoms with Gasteiger partial charge in [0.2, 0.25) is 5.91 Å². The Labute approximate surface area is 105 Å². The Morgan fingerprint density at radius 3 is 2.31 bits per heavy atom. The fourth-order valence-corrected chi connectivity index (χ4v) is 1.42. The zero-order valence-electron chi connectivity index (χ0n) is 9.75. The van der Waals surface area contributed by atoms with Crippen molar-refractivity contribution in [1.29, 1.82) is 0 Å². The number of halogens is 1. The van der Waals surface area contributed by atoms with E-state index >= 15 is 0 Å². The molecule has 0 aliphatic heterocycles. The topological polar surface area (TPSA) is 29.1 Å². The van der Waals surface area contributed by atoms with E-state index in [1.807, 2.05) is 45.0 Å². The summed E-state index contributed by atoms with van der Waals surface area (Å²) in [6.07, 6.45) is 3.35. The molecular weight excluding hydrogens is 266 g/mol. The van der Waals surface area contributed by atoms with Crippen LogP contribution in [0.4, 0.5) is 0 Å². The van der Waals surface area contributed by atoms with Gasteiger partial charge in [-0.05, 0) is 44.5 Å². The van der Waals surface area contributed by atoms with Gasteiger partial charge in [0.05, 0.1) is 0 Å². The molecule has 0 aromatic heterocycles. The quantitative estimate of drug-likeness (QED) is 0.828. The molecule has 16 heavy (non-hydrogen) atoms. The zero-order chi connectivity index (χ0) is 12.2. The molecule has 0 atom stereocenters. The van der Waals surface area contributed by atoms with Crippen molar-refractivity contribution in [2.75, 3.05) is 0 Å². The lowest BCUT2D eigenvalue weighted by Gasteiger charge is -2.18. The van der Waals surface area contributed by atoms with Crippen LogP contribution in [-0.2, 0) is 4.79 Å². The molecule has 0 radical (unpaired) electrons. The standard InChI is InChI=1S/C13H16BrNO/c1-13(2,3)15-12(16)9-6-10-4-7-11(14)8-5-10/h4-9H,1-3H3,(H,15,16)/b9-6+. The van der Waals surface area contributed by atoms with Crippen molar-refractivity contribution in [2.24, 2.45) is 0 Å². The highest BCUT2D eigenvalue weighted by Crippen LogP contribution is 2.11. The lowest BCUT2D eigenvalue weighted by molar-refractivity contribution is -0.117. The molecule has 1 aromatic carbocycles. The molecule has 0 saturated heterocycles. The van der Waals surface area contributed by atoms with Gasteiger partial charge in [-0.25, -0.2) is 0 Å². The van der Waals surface area contributed by atoms with Crippen LogP contribution in [0, 0.1) is 0 Å². The number of carbonyl (C=O) groups excluding carboxylic acids is 1. The maximum Gasteiger partial charge on any atom is 0.244 e. The Bertz CT molecular complexity index is 387. The molecule has 2 nitrogen and oxygen atoms in total. The molecule has 1 rings (SSSR count). The second kappa shape index (κ2) is 5.30. The van der Waals surface area contributed by atoms with Crippen LogP contribution in [0.2, 0.25) is 0 Å². The van der Waals surface area contributed by atoms with E-state index in [9.17, 15) is 4.79 Å². The van der Waals surface area contributed by atoms with E-state index in [4.69, 9.17) is 0 Å². The number of rotatable bonds is 2. The first-order chi connectivity index (χ1) is 7.37. The van der Waals surface area contributed by atoms with Crippen LogP contribution >= 0.6 is 15.9 Å². The molecule has 0 bridgehead atoms. The Kier molecular flexibility index (Phi) is 4.30. The molecule has 3 heteroatoms. The van der Waals surface area contributed by atoms with Crippen LogP contribution in [0.5, 0.6) is 0 Å². The van der Waals surface area contributed by atoms with Crippen molar-refractivity contribution in [3.05, 3.63) is 40.4 Å². The summed E-state index contributed by atoms with van der Waals surface area (Å²) >= 11 is 3.36. The molecule has 0 aliphatic carbocycles. The highest BCUT2D eigenvalue weighted by Gasteiger charge is 2.10. The number of amides is 1. The van der Waals surface area contributed by atoms with Crippen LogP contribution < -0.4 is 5.32 Å². The molecule has 0 aliphatic rings. The fraction of sp³-hybridized carbons (Fsp3) is 0.308. The van der Waals surface area contributed by atoms with Gasteiger partial charge in [0.25, 0.3) is 0 Å². The van der Waals surface area contributed by atoms with Gasteiger partial charge in [-0.2, -0.15) is 0 Å². The Hall–Kier alpha value is -1.09. The van der Waals surface area contributed by atoms with Crippen LogP contribution in [0.3, 0.4) is 0 Å². The van der Waals surface area contributed by atoms with Crippen molar-refractivity contribution in [2.45, 2.75) is 26.3 Å². The summed E-state index contributed by atoms with van der Waals surface area (Å²) in [5.74, 6) is -0.0737. The van der Waals surface area contributed by atoms with Crippen molar-refractivity contribution < 1.29 is 4.79 Å². The number of carbonyl (C=O) groups is 1. The molecule has 0 spiro atoms. The third-order valence-electron chi connectivity index (χ3n) is 1.80. The smallest absolute Gasteiger partial charge is 0.244 e. The van der Waals surface area contributed by atoms with E-state index in [0.29, 0.717) is 0 Å². The number of benzene rings is 1. The van der Waals surface area contributed by atoms with E-state index in [-0.39, 0.29) is 11.4 Å². The van der Waals surface area contributed by atoms with Gasteiger partial charge in [-0.15, -0.1) is 0 Å². The summed E-state index contributed by atoms with van der Waals surface area (Å²) in [4.78, 5) is 11.5. The van der Waals surface area contributed by atoms with E-state index in [1.54, 1.807) is 12.2 Å². The van der Waals surface area contributed by atoms with Gasteiger partial charge < -0.3 is 5.32 Å². The maximum absolute atomic E-state index is 11.5. The van der Waals surface area contributed by atoms with Crippen LogP contribution in [0.15, 0.2) is 34.8 Å². The SMILES string of the molecule is CC(C)(C)NC(=O)/C=C/c1ccc(Br)cc1. The summed E-state index contributed by atoms with van der Waals surface area (Å²) in [6.45, 7) is 5.87. The first-order valence-electron chi connectivity index (χ1n) is 5.13. The molecule has 86 valence electrons. The average Bonchev–Trinajstić information content (AvgIpc) is 2.14. The van der Waals surface area contributed by atoms with Gasteiger partial charge in [-0.3, -0.25) is 4.79 Å². The Balaban J connectivity index is 2.60. The van der Waals surface area contributed by atoms with Gasteiger partial charge in [0.15, 0.2) is 0 Å². The van der Waals surface area contributed by atoms with Crippen LogP contribution in [0.1, 0.15) is 26.3 Å². The molecule has 1 N–H and O–H groups in total. The third-order valence-corrected chi connectivity index (χ3v) is 2.32. The minimum atomic E-state index is -0.193. The third kappa shape index (κ3) is 5.12. The average molecular weight is 282 g/mol. The second-order valence-electron chi connectivity index (χ2n) is 4.62. The highest BCUT2D eigenvalue weighted by atomic mass is 79.9. The number of hydrogen-bond donors (Lipinski definition) is 1. The zero-order valence-corrected chi connectivity index (χ0v) is 11.3. The predicted molar refractivity (Wildman–Crippen MR) is 71.1 cm³/mol. The Morgan fingerprint density at radius 2 is 1.81 bits per heavy atom. The Morgan fingerprint density at radius 1 is 1.25 bits per heavy atom. The predicted octanol–water partition coefficient (Wildman–Crippen LogP) is 3.38. The van der Waals surface area contributed by atoms with E-state index < -0.39 is 0 Å². The van der Waals surface area contributed by atoms with Crippen molar-refractivity contribution in [3.8, 4) is 0 Å². The van der Waals surface area contributed by atoms with Gasteiger partial charge in [-0.1, -0.05) is 28.1 Å².